The molecule has 0 heterocycles. The third kappa shape index (κ3) is 4.64. The van der Waals surface area contributed by atoms with Crippen molar-refractivity contribution in [3.8, 4) is 0 Å². The van der Waals surface area contributed by atoms with E-state index in [1.54, 1.807) is 18.2 Å². The Morgan fingerprint density at radius 3 is 2.45 bits per heavy atom. The number of carbonyl (C=O) groups is 2. The molecule has 1 N–H and O–H groups in total. The van der Waals surface area contributed by atoms with Crippen LogP contribution < -0.4 is 5.32 Å². The van der Waals surface area contributed by atoms with Crippen molar-refractivity contribution in [3.05, 3.63) is 59.9 Å². The molecule has 29 heavy (non-hydrogen) atoms. The van der Waals surface area contributed by atoms with Crippen LogP contribution in [0.25, 0.3) is 0 Å². The van der Waals surface area contributed by atoms with Crippen molar-refractivity contribution in [2.45, 2.75) is 36.0 Å². The van der Waals surface area contributed by atoms with Crippen LogP contribution in [0.1, 0.15) is 31.2 Å². The van der Waals surface area contributed by atoms with E-state index in [1.165, 1.54) is 30.3 Å². The van der Waals surface area contributed by atoms with Gasteiger partial charge in [0.1, 0.15) is 5.82 Å². The van der Waals surface area contributed by atoms with Gasteiger partial charge in [-0.15, -0.1) is 0 Å². The first-order valence-electron chi connectivity index (χ1n) is 9.25. The van der Waals surface area contributed by atoms with Gasteiger partial charge < -0.3 is 10.1 Å². The number of nitrogens with one attached hydrogen (secondary N) is 1. The summed E-state index contributed by atoms with van der Waals surface area (Å²) in [7, 11) is -3.41. The standard InChI is InChI=1S/C21H22FNO5S/c1-29(26,27)16-8-6-7-15(13-16)23-19(24)14-28-20(25)21(11-4-5-12-21)17-9-2-3-10-18(17)22/h2-3,6-10,13H,4-5,11-12,14H2,1H3,(H,23,24). The maximum Gasteiger partial charge on any atom is 0.317 e. The van der Waals surface area contributed by atoms with Gasteiger partial charge >= 0.3 is 5.97 Å². The molecule has 0 aromatic heterocycles. The molecule has 0 spiro atoms. The zero-order valence-corrected chi connectivity index (χ0v) is 16.8. The quantitative estimate of drug-likeness (QED) is 0.726. The van der Waals surface area contributed by atoms with Crippen molar-refractivity contribution in [1.82, 2.24) is 0 Å². The van der Waals surface area contributed by atoms with Crippen LogP contribution in [0.4, 0.5) is 10.1 Å². The van der Waals surface area contributed by atoms with E-state index in [2.05, 4.69) is 5.32 Å². The number of esters is 1. The van der Waals surface area contributed by atoms with Crippen LogP contribution in [-0.4, -0.2) is 33.2 Å². The summed E-state index contributed by atoms with van der Waals surface area (Å²) < 4.78 is 42.8. The Hall–Kier alpha value is -2.74. The Labute approximate surface area is 169 Å². The van der Waals surface area contributed by atoms with E-state index >= 15 is 0 Å². The highest BCUT2D eigenvalue weighted by molar-refractivity contribution is 7.90. The predicted octanol–water partition coefficient (Wildman–Crippen LogP) is 3.22. The Morgan fingerprint density at radius 2 is 1.79 bits per heavy atom. The minimum atomic E-state index is -3.41. The zero-order valence-electron chi connectivity index (χ0n) is 16.0. The van der Waals surface area contributed by atoms with E-state index < -0.39 is 39.6 Å². The van der Waals surface area contributed by atoms with E-state index in [0.717, 1.165) is 19.1 Å². The predicted molar refractivity (Wildman–Crippen MR) is 106 cm³/mol. The molecule has 0 radical (unpaired) electrons. The van der Waals surface area contributed by atoms with Crippen LogP contribution in [0.5, 0.6) is 0 Å². The second kappa shape index (κ2) is 8.32. The first kappa shape index (κ1) is 21.0. The minimum absolute atomic E-state index is 0.0664. The van der Waals surface area contributed by atoms with Crippen LogP contribution in [0.2, 0.25) is 0 Å². The van der Waals surface area contributed by atoms with Crippen molar-refractivity contribution in [2.75, 3.05) is 18.2 Å². The van der Waals surface area contributed by atoms with Crippen molar-refractivity contribution in [1.29, 1.82) is 0 Å². The summed E-state index contributed by atoms with van der Waals surface area (Å²) >= 11 is 0. The van der Waals surface area contributed by atoms with Crippen LogP contribution in [0, 0.1) is 5.82 Å². The number of rotatable bonds is 6. The van der Waals surface area contributed by atoms with Crippen LogP contribution in [0.15, 0.2) is 53.4 Å². The lowest BCUT2D eigenvalue weighted by molar-refractivity contribution is -0.153. The molecule has 1 aliphatic rings. The molecule has 0 unspecified atom stereocenters. The van der Waals surface area contributed by atoms with Crippen molar-refractivity contribution < 1.29 is 27.1 Å². The number of amides is 1. The van der Waals surface area contributed by atoms with Crippen molar-refractivity contribution in [3.63, 3.8) is 0 Å². The second-order valence-corrected chi connectivity index (χ2v) is 9.21. The summed E-state index contributed by atoms with van der Waals surface area (Å²) in [5, 5.41) is 2.51. The highest BCUT2D eigenvalue weighted by Crippen LogP contribution is 2.43. The molecule has 1 saturated carbocycles. The Morgan fingerprint density at radius 1 is 1.10 bits per heavy atom. The molecular weight excluding hydrogens is 397 g/mol. The van der Waals surface area contributed by atoms with Gasteiger partial charge in [0.2, 0.25) is 0 Å². The lowest BCUT2D eigenvalue weighted by Gasteiger charge is -2.27. The number of benzene rings is 2. The van der Waals surface area contributed by atoms with Gasteiger partial charge in [0.05, 0.1) is 10.3 Å². The third-order valence-corrected chi connectivity index (χ3v) is 6.23. The average Bonchev–Trinajstić information content (AvgIpc) is 3.17. The SMILES string of the molecule is CS(=O)(=O)c1cccc(NC(=O)COC(=O)C2(c3ccccc3F)CCCC2)c1. The summed E-state index contributed by atoms with van der Waals surface area (Å²) in [4.78, 5) is 25.1. The average molecular weight is 419 g/mol. The fourth-order valence-electron chi connectivity index (χ4n) is 3.68. The molecule has 1 fully saturated rings. The van der Waals surface area contributed by atoms with E-state index in [-0.39, 0.29) is 10.6 Å². The number of halogens is 1. The van der Waals surface area contributed by atoms with Gasteiger partial charge in [-0.25, -0.2) is 12.8 Å². The summed E-state index contributed by atoms with van der Waals surface area (Å²) in [6.45, 7) is -0.544. The van der Waals surface area contributed by atoms with Crippen LogP contribution >= 0.6 is 0 Å². The molecule has 6 nitrogen and oxygen atoms in total. The normalized spacial score (nSPS) is 15.7. The molecule has 2 aromatic rings. The first-order valence-corrected chi connectivity index (χ1v) is 11.1. The second-order valence-electron chi connectivity index (χ2n) is 7.19. The third-order valence-electron chi connectivity index (χ3n) is 5.12. The van der Waals surface area contributed by atoms with Gasteiger partial charge in [-0.05, 0) is 37.1 Å². The lowest BCUT2D eigenvalue weighted by atomic mass is 9.78. The van der Waals surface area contributed by atoms with Gasteiger partial charge in [0, 0.05) is 17.5 Å². The van der Waals surface area contributed by atoms with E-state index in [0.29, 0.717) is 18.4 Å². The Kier molecular flexibility index (Phi) is 6.02. The maximum absolute atomic E-state index is 14.3. The monoisotopic (exact) mass is 419 g/mol. The van der Waals surface area contributed by atoms with Crippen LogP contribution in [-0.2, 0) is 29.6 Å². The molecular formula is C21H22FNO5S. The van der Waals surface area contributed by atoms with Gasteiger partial charge in [-0.2, -0.15) is 0 Å². The molecule has 1 aliphatic carbocycles. The van der Waals surface area contributed by atoms with Crippen molar-refractivity contribution in [2.24, 2.45) is 0 Å². The maximum atomic E-state index is 14.3. The number of anilines is 1. The van der Waals surface area contributed by atoms with Gasteiger partial charge in [-0.1, -0.05) is 37.1 Å². The van der Waals surface area contributed by atoms with E-state index in [1.807, 2.05) is 0 Å². The minimum Gasteiger partial charge on any atom is -0.455 e. The number of carbonyl (C=O) groups excluding carboxylic acids is 2. The van der Waals surface area contributed by atoms with Gasteiger partial charge in [-0.3, -0.25) is 9.59 Å². The summed E-state index contributed by atoms with van der Waals surface area (Å²) in [6, 6.07) is 11.9. The summed E-state index contributed by atoms with van der Waals surface area (Å²) in [5.74, 6) is -1.70. The number of sulfone groups is 1. The molecule has 8 heteroatoms. The van der Waals surface area contributed by atoms with Gasteiger partial charge in [0.25, 0.3) is 5.91 Å². The molecule has 0 atom stereocenters. The molecule has 0 bridgehead atoms. The molecule has 154 valence electrons. The molecule has 1 amide bonds. The van der Waals surface area contributed by atoms with Gasteiger partial charge in [0.15, 0.2) is 16.4 Å². The fraction of sp³-hybridized carbons (Fsp3) is 0.333. The molecule has 2 aromatic carbocycles. The zero-order chi connectivity index (χ0) is 21.1. The fourth-order valence-corrected chi connectivity index (χ4v) is 4.35. The Balaban J connectivity index is 1.68. The van der Waals surface area contributed by atoms with Crippen LogP contribution in [0.3, 0.4) is 0 Å². The largest absolute Gasteiger partial charge is 0.455 e. The Bertz CT molecular complexity index is 1030. The molecule has 0 aliphatic heterocycles. The topological polar surface area (TPSA) is 89.5 Å². The highest BCUT2D eigenvalue weighted by Gasteiger charge is 2.45. The number of ether oxygens (including phenoxy) is 1. The summed E-state index contributed by atoms with van der Waals surface area (Å²) in [5.41, 5.74) is -0.510. The van der Waals surface area contributed by atoms with E-state index in [9.17, 15) is 22.4 Å². The number of hydrogen-bond donors (Lipinski definition) is 1. The smallest absolute Gasteiger partial charge is 0.317 e. The lowest BCUT2D eigenvalue weighted by Crippen LogP contribution is -2.37. The van der Waals surface area contributed by atoms with Crippen molar-refractivity contribution >= 4 is 27.4 Å². The number of hydrogen-bond acceptors (Lipinski definition) is 5. The summed E-state index contributed by atoms with van der Waals surface area (Å²) in [6.07, 6.45) is 3.54. The molecule has 3 rings (SSSR count). The molecule has 0 saturated heterocycles. The first-order chi connectivity index (χ1) is 13.7. The van der Waals surface area contributed by atoms with E-state index in [4.69, 9.17) is 4.74 Å². The highest BCUT2D eigenvalue weighted by atomic mass is 32.2.